The number of benzene rings is 2. The van der Waals surface area contributed by atoms with Gasteiger partial charge in [0.1, 0.15) is 6.54 Å². The number of rotatable bonds is 4. The fourth-order valence-corrected chi connectivity index (χ4v) is 3.95. The summed E-state index contributed by atoms with van der Waals surface area (Å²) >= 11 is 5.36. The predicted octanol–water partition coefficient (Wildman–Crippen LogP) is 4.11. The maximum absolute atomic E-state index is 12.8. The Morgan fingerprint density at radius 2 is 2.15 bits per heavy atom. The van der Waals surface area contributed by atoms with E-state index < -0.39 is 0 Å². The van der Waals surface area contributed by atoms with Crippen LogP contribution in [0.25, 0.3) is 11.4 Å². The van der Waals surface area contributed by atoms with E-state index in [1.54, 1.807) is 4.57 Å². The molecule has 0 radical (unpaired) electrons. The lowest BCUT2D eigenvalue weighted by Crippen LogP contribution is -2.33. The molecule has 1 aliphatic carbocycles. The maximum atomic E-state index is 12.8. The lowest BCUT2D eigenvalue weighted by molar-refractivity contribution is -0.122. The quantitative estimate of drug-likeness (QED) is 0.672. The molecular formula is C21H22N4OS. The highest BCUT2D eigenvalue weighted by Gasteiger charge is 2.22. The molecule has 1 aromatic heterocycles. The summed E-state index contributed by atoms with van der Waals surface area (Å²) < 4.78 is 2.21. The van der Waals surface area contributed by atoms with Crippen molar-refractivity contribution in [2.45, 2.75) is 38.8 Å². The monoisotopic (exact) mass is 378 g/mol. The summed E-state index contributed by atoms with van der Waals surface area (Å²) in [5, 5.41) is 10.3. The van der Waals surface area contributed by atoms with Gasteiger partial charge in [0, 0.05) is 5.56 Å². The number of aromatic nitrogens is 3. The van der Waals surface area contributed by atoms with Crippen LogP contribution in [0, 0.1) is 11.7 Å². The van der Waals surface area contributed by atoms with Crippen LogP contribution in [0.4, 0.5) is 0 Å². The van der Waals surface area contributed by atoms with Crippen molar-refractivity contribution in [1.29, 1.82) is 0 Å². The molecule has 0 spiro atoms. The molecule has 0 saturated heterocycles. The van der Waals surface area contributed by atoms with Gasteiger partial charge in [-0.15, -0.1) is 0 Å². The number of carbonyl (C=O) groups excluding carboxylic acids is 1. The molecule has 1 amide bonds. The lowest BCUT2D eigenvalue weighted by atomic mass is 9.88. The van der Waals surface area contributed by atoms with Gasteiger partial charge >= 0.3 is 0 Å². The number of nitrogens with zero attached hydrogens (tertiary/aromatic N) is 2. The first-order chi connectivity index (χ1) is 13.1. The summed E-state index contributed by atoms with van der Waals surface area (Å²) in [6, 6.07) is 16.4. The van der Waals surface area contributed by atoms with Crippen molar-refractivity contribution in [3.63, 3.8) is 0 Å². The van der Waals surface area contributed by atoms with Gasteiger partial charge in [-0.05, 0) is 55.6 Å². The number of fused-ring (bicyclic) bond motifs is 1. The Morgan fingerprint density at radius 1 is 1.30 bits per heavy atom. The van der Waals surface area contributed by atoms with Gasteiger partial charge in [0.05, 0.1) is 6.04 Å². The van der Waals surface area contributed by atoms with Gasteiger partial charge in [-0.3, -0.25) is 14.5 Å². The molecule has 1 heterocycles. The van der Waals surface area contributed by atoms with E-state index in [0.717, 1.165) is 30.4 Å². The standard InChI is InChI=1S/C21H22N4OS/c1-14-6-4-9-16(12-14)20-23-24-21(27)25(20)13-19(26)22-18-11-5-8-15-7-2-3-10-17(15)18/h2-4,6-7,9-10,12,18H,5,8,11,13H2,1H3,(H,22,26)(H,24,27). The molecule has 4 rings (SSSR count). The zero-order valence-electron chi connectivity index (χ0n) is 15.2. The number of hydrogen-bond donors (Lipinski definition) is 2. The Morgan fingerprint density at radius 3 is 3.00 bits per heavy atom. The smallest absolute Gasteiger partial charge is 0.240 e. The second-order valence-corrected chi connectivity index (χ2v) is 7.41. The lowest BCUT2D eigenvalue weighted by Gasteiger charge is -2.26. The highest BCUT2D eigenvalue weighted by molar-refractivity contribution is 7.71. The molecule has 2 N–H and O–H groups in total. The highest BCUT2D eigenvalue weighted by Crippen LogP contribution is 2.29. The maximum Gasteiger partial charge on any atom is 0.240 e. The average Bonchev–Trinajstić information content (AvgIpc) is 3.02. The zero-order valence-corrected chi connectivity index (χ0v) is 16.1. The molecular weight excluding hydrogens is 356 g/mol. The van der Waals surface area contributed by atoms with E-state index >= 15 is 0 Å². The van der Waals surface area contributed by atoms with E-state index in [1.165, 1.54) is 11.1 Å². The van der Waals surface area contributed by atoms with Crippen LogP contribution in [0.1, 0.15) is 35.6 Å². The van der Waals surface area contributed by atoms with Gasteiger partial charge in [0.25, 0.3) is 0 Å². The molecule has 1 unspecified atom stereocenters. The number of aryl methyl sites for hydroxylation is 2. The molecule has 6 heteroatoms. The minimum Gasteiger partial charge on any atom is -0.348 e. The van der Waals surface area contributed by atoms with Gasteiger partial charge in [0.15, 0.2) is 10.6 Å². The summed E-state index contributed by atoms with van der Waals surface area (Å²) in [6.07, 6.45) is 3.12. The van der Waals surface area contributed by atoms with Crippen LogP contribution in [0.15, 0.2) is 48.5 Å². The molecule has 138 valence electrons. The molecule has 1 atom stereocenters. The van der Waals surface area contributed by atoms with Crippen molar-refractivity contribution in [3.8, 4) is 11.4 Å². The Bertz CT molecular complexity index is 1040. The Hall–Kier alpha value is -2.73. The van der Waals surface area contributed by atoms with Crippen molar-refractivity contribution in [2.75, 3.05) is 0 Å². The summed E-state index contributed by atoms with van der Waals surface area (Å²) in [5.41, 5.74) is 4.63. The van der Waals surface area contributed by atoms with Gasteiger partial charge < -0.3 is 5.32 Å². The number of aromatic amines is 1. The fourth-order valence-electron chi connectivity index (χ4n) is 3.76. The minimum atomic E-state index is -0.0527. The number of amides is 1. The van der Waals surface area contributed by atoms with Gasteiger partial charge in [-0.25, -0.2) is 0 Å². The predicted molar refractivity (Wildman–Crippen MR) is 108 cm³/mol. The number of H-pyrrole nitrogens is 1. The summed E-state index contributed by atoms with van der Waals surface area (Å²) in [5.74, 6) is 0.631. The molecule has 2 aromatic carbocycles. The van der Waals surface area contributed by atoms with Crippen LogP contribution in [-0.4, -0.2) is 20.7 Å². The number of hydrogen-bond acceptors (Lipinski definition) is 3. The van der Waals surface area contributed by atoms with E-state index in [4.69, 9.17) is 12.2 Å². The Labute approximate surface area is 163 Å². The summed E-state index contributed by atoms with van der Waals surface area (Å²) in [6.45, 7) is 2.18. The summed E-state index contributed by atoms with van der Waals surface area (Å²) in [4.78, 5) is 12.8. The zero-order chi connectivity index (χ0) is 18.8. The van der Waals surface area contributed by atoms with Crippen LogP contribution in [0.5, 0.6) is 0 Å². The second-order valence-electron chi connectivity index (χ2n) is 7.02. The topological polar surface area (TPSA) is 62.7 Å². The Balaban J connectivity index is 1.55. The minimum absolute atomic E-state index is 0.0527. The largest absolute Gasteiger partial charge is 0.348 e. The van der Waals surface area contributed by atoms with Crippen molar-refractivity contribution < 1.29 is 4.79 Å². The highest BCUT2D eigenvalue weighted by atomic mass is 32.1. The molecule has 3 aromatic rings. The molecule has 1 aliphatic rings. The van der Waals surface area contributed by atoms with E-state index in [2.05, 4.69) is 33.7 Å². The molecule has 27 heavy (non-hydrogen) atoms. The number of nitrogens with one attached hydrogen (secondary N) is 2. The first-order valence-corrected chi connectivity index (χ1v) is 9.62. The van der Waals surface area contributed by atoms with Crippen LogP contribution >= 0.6 is 12.2 Å². The van der Waals surface area contributed by atoms with Gasteiger partial charge in [-0.2, -0.15) is 5.10 Å². The van der Waals surface area contributed by atoms with Crippen LogP contribution < -0.4 is 5.32 Å². The third-order valence-corrected chi connectivity index (χ3v) is 5.35. The third kappa shape index (κ3) is 3.71. The molecule has 0 fully saturated rings. The van der Waals surface area contributed by atoms with E-state index in [-0.39, 0.29) is 18.5 Å². The van der Waals surface area contributed by atoms with Crippen molar-refractivity contribution in [1.82, 2.24) is 20.1 Å². The molecule has 5 nitrogen and oxygen atoms in total. The molecule has 0 saturated carbocycles. The molecule has 0 aliphatic heterocycles. The van der Waals surface area contributed by atoms with Crippen LogP contribution in [0.2, 0.25) is 0 Å². The van der Waals surface area contributed by atoms with Crippen molar-refractivity contribution in [2.24, 2.45) is 0 Å². The first-order valence-electron chi connectivity index (χ1n) is 9.21. The van der Waals surface area contributed by atoms with Gasteiger partial charge in [0.2, 0.25) is 5.91 Å². The van der Waals surface area contributed by atoms with Crippen LogP contribution in [0.3, 0.4) is 0 Å². The summed E-state index contributed by atoms with van der Waals surface area (Å²) in [7, 11) is 0. The van der Waals surface area contributed by atoms with Crippen molar-refractivity contribution in [3.05, 3.63) is 70.0 Å². The fraction of sp³-hybridized carbons (Fsp3) is 0.286. The van der Waals surface area contributed by atoms with E-state index in [9.17, 15) is 4.79 Å². The average molecular weight is 379 g/mol. The van der Waals surface area contributed by atoms with Crippen molar-refractivity contribution >= 4 is 18.1 Å². The SMILES string of the molecule is Cc1cccc(-c2n[nH]c(=S)n2CC(=O)NC2CCCc3ccccc32)c1. The van der Waals surface area contributed by atoms with Crippen LogP contribution in [-0.2, 0) is 17.8 Å². The first kappa shape index (κ1) is 17.7. The van der Waals surface area contributed by atoms with E-state index in [0.29, 0.717) is 10.6 Å². The third-order valence-electron chi connectivity index (χ3n) is 5.04. The van der Waals surface area contributed by atoms with Gasteiger partial charge in [-0.1, -0.05) is 48.0 Å². The molecule has 0 bridgehead atoms. The van der Waals surface area contributed by atoms with E-state index in [1.807, 2.05) is 37.3 Å². The Kier molecular flexibility index (Phi) is 4.90. The second kappa shape index (κ2) is 7.48. The normalized spacial score (nSPS) is 16.0. The number of carbonyl (C=O) groups is 1.